The van der Waals surface area contributed by atoms with Gasteiger partial charge >= 0.3 is 18.0 Å². The first-order valence-corrected chi connectivity index (χ1v) is 7.24. The van der Waals surface area contributed by atoms with E-state index in [4.69, 9.17) is 0 Å². The number of benzene rings is 1. The monoisotopic (exact) mass is 365 g/mol. The molecule has 2 rings (SSSR count). The van der Waals surface area contributed by atoms with E-state index in [2.05, 4.69) is 4.98 Å². The zero-order chi connectivity index (χ0) is 18.9. The quantitative estimate of drug-likeness (QED) is 0.615. The molecule has 1 nitrogen and oxygen atoms in total. The Morgan fingerprint density at radius 2 is 1.28 bits per heavy atom. The van der Waals surface area contributed by atoms with Gasteiger partial charge < -0.3 is 0 Å². The summed E-state index contributed by atoms with van der Waals surface area (Å²) in [6.07, 6.45) is -5.51. The van der Waals surface area contributed by atoms with Crippen LogP contribution in [0.3, 0.4) is 0 Å². The van der Waals surface area contributed by atoms with E-state index in [-0.39, 0.29) is 11.1 Å². The molecule has 0 N–H and O–H groups in total. The normalized spacial score (nSPS) is 14.4. The second-order valence-electron chi connectivity index (χ2n) is 5.72. The number of hydrogen-bond donors (Lipinski definition) is 0. The van der Waals surface area contributed by atoms with Crippen molar-refractivity contribution < 1.29 is 30.7 Å². The maximum absolute atomic E-state index is 13.9. The predicted molar refractivity (Wildman–Crippen MR) is 77.8 cm³/mol. The van der Waals surface area contributed by atoms with Crippen LogP contribution < -0.4 is 0 Å². The summed E-state index contributed by atoms with van der Waals surface area (Å²) in [6, 6.07) is 8.64. The fourth-order valence-electron chi connectivity index (χ4n) is 2.41. The lowest BCUT2D eigenvalue weighted by Gasteiger charge is -2.31. The minimum atomic E-state index is -6.34. The fraction of sp³-hybridized carbons (Fsp3) is 0.353. The van der Waals surface area contributed by atoms with Crippen molar-refractivity contribution in [3.05, 3.63) is 65.5 Å². The van der Waals surface area contributed by atoms with E-state index in [0.717, 1.165) is 5.56 Å². The first kappa shape index (κ1) is 19.2. The standard InChI is InChI=1S/C17H14F7N/c1-11-2-4-12(5-3-11)14(13-6-8-25-9-7-13)10-15(18,19)16(20,21)17(22,23)24/h2-9,14H,10H2,1H3/t14-/m1/s1. The molecule has 0 aliphatic carbocycles. The maximum Gasteiger partial charge on any atom is 0.459 e. The zero-order valence-corrected chi connectivity index (χ0v) is 13.0. The van der Waals surface area contributed by atoms with Gasteiger partial charge in [-0.15, -0.1) is 0 Å². The molecule has 0 unspecified atom stereocenters. The lowest BCUT2D eigenvalue weighted by molar-refractivity contribution is -0.356. The van der Waals surface area contributed by atoms with E-state index in [1.54, 1.807) is 19.1 Å². The Morgan fingerprint density at radius 3 is 1.76 bits per heavy atom. The molecule has 1 atom stereocenters. The number of alkyl halides is 7. The third kappa shape index (κ3) is 3.93. The van der Waals surface area contributed by atoms with Crippen LogP contribution in [0.5, 0.6) is 0 Å². The summed E-state index contributed by atoms with van der Waals surface area (Å²) in [7, 11) is 0. The molecule has 1 aromatic carbocycles. The Balaban J connectivity index is 2.45. The topological polar surface area (TPSA) is 12.9 Å². The van der Waals surface area contributed by atoms with Crippen LogP contribution in [0.2, 0.25) is 0 Å². The van der Waals surface area contributed by atoms with Gasteiger partial charge in [0.05, 0.1) is 0 Å². The second-order valence-corrected chi connectivity index (χ2v) is 5.72. The number of rotatable bonds is 5. The first-order chi connectivity index (χ1) is 11.5. The van der Waals surface area contributed by atoms with E-state index in [9.17, 15) is 30.7 Å². The summed E-state index contributed by atoms with van der Waals surface area (Å²) in [6.45, 7) is 1.73. The van der Waals surface area contributed by atoms with Gasteiger partial charge in [0.2, 0.25) is 0 Å². The van der Waals surface area contributed by atoms with Gasteiger partial charge in [-0.2, -0.15) is 30.7 Å². The smallest absolute Gasteiger partial charge is 0.265 e. The van der Waals surface area contributed by atoms with Crippen LogP contribution >= 0.6 is 0 Å². The molecule has 0 spiro atoms. The molecule has 0 aliphatic heterocycles. The summed E-state index contributed by atoms with van der Waals surface area (Å²) in [4.78, 5) is 3.70. The highest BCUT2D eigenvalue weighted by Crippen LogP contribution is 2.51. The average molecular weight is 365 g/mol. The number of nitrogens with zero attached hydrogens (tertiary/aromatic N) is 1. The first-order valence-electron chi connectivity index (χ1n) is 7.24. The van der Waals surface area contributed by atoms with E-state index in [0.29, 0.717) is 0 Å². The summed E-state index contributed by atoms with van der Waals surface area (Å²) in [5.41, 5.74) is 1.19. The van der Waals surface area contributed by atoms with Crippen molar-refractivity contribution in [2.24, 2.45) is 0 Å². The van der Waals surface area contributed by atoms with Crippen molar-refractivity contribution >= 4 is 0 Å². The Hall–Kier alpha value is -2.12. The molecule has 0 bridgehead atoms. The van der Waals surface area contributed by atoms with Crippen LogP contribution in [0.15, 0.2) is 48.8 Å². The highest BCUT2D eigenvalue weighted by Gasteiger charge is 2.72. The van der Waals surface area contributed by atoms with Gasteiger partial charge in [0.25, 0.3) is 0 Å². The molecular formula is C17H14F7N. The summed E-state index contributed by atoms with van der Waals surface area (Å²) in [5, 5.41) is 0. The molecule has 0 saturated carbocycles. The summed E-state index contributed by atoms with van der Waals surface area (Å²) in [5.74, 6) is -12.7. The molecule has 0 amide bonds. The maximum atomic E-state index is 13.9. The third-order valence-electron chi connectivity index (χ3n) is 3.86. The fourth-order valence-corrected chi connectivity index (χ4v) is 2.41. The van der Waals surface area contributed by atoms with Crippen molar-refractivity contribution in [1.29, 1.82) is 0 Å². The lowest BCUT2D eigenvalue weighted by Crippen LogP contribution is -2.52. The van der Waals surface area contributed by atoms with Crippen LogP contribution in [0.1, 0.15) is 29.0 Å². The number of halogens is 7. The van der Waals surface area contributed by atoms with Gasteiger partial charge in [-0.3, -0.25) is 4.98 Å². The van der Waals surface area contributed by atoms with Crippen LogP contribution in [0.25, 0.3) is 0 Å². The Kier molecular flexibility index (Phi) is 5.11. The van der Waals surface area contributed by atoms with Gasteiger partial charge in [0.15, 0.2) is 0 Å². The molecule has 1 aromatic heterocycles. The van der Waals surface area contributed by atoms with Gasteiger partial charge in [-0.25, -0.2) is 0 Å². The number of aromatic nitrogens is 1. The van der Waals surface area contributed by atoms with E-state index in [1.165, 1.54) is 36.7 Å². The van der Waals surface area contributed by atoms with Gasteiger partial charge in [-0.1, -0.05) is 29.8 Å². The largest absolute Gasteiger partial charge is 0.459 e. The molecule has 136 valence electrons. The average Bonchev–Trinajstić information content (AvgIpc) is 2.53. The number of hydrogen-bond acceptors (Lipinski definition) is 1. The molecule has 0 aliphatic rings. The van der Waals surface area contributed by atoms with Gasteiger partial charge in [-0.05, 0) is 30.2 Å². The van der Waals surface area contributed by atoms with Crippen LogP contribution in [0.4, 0.5) is 30.7 Å². The molecule has 25 heavy (non-hydrogen) atoms. The summed E-state index contributed by atoms with van der Waals surface area (Å²) < 4.78 is 91.6. The highest BCUT2D eigenvalue weighted by molar-refractivity contribution is 5.33. The van der Waals surface area contributed by atoms with Crippen LogP contribution in [-0.2, 0) is 0 Å². The number of aryl methyl sites for hydroxylation is 1. The molecule has 0 saturated heterocycles. The van der Waals surface area contributed by atoms with Crippen LogP contribution in [-0.4, -0.2) is 23.0 Å². The minimum Gasteiger partial charge on any atom is -0.265 e. The third-order valence-corrected chi connectivity index (χ3v) is 3.86. The molecule has 1 heterocycles. The highest BCUT2D eigenvalue weighted by atomic mass is 19.4. The van der Waals surface area contributed by atoms with Gasteiger partial charge in [0.1, 0.15) is 0 Å². The van der Waals surface area contributed by atoms with Crippen LogP contribution in [0, 0.1) is 6.92 Å². The van der Waals surface area contributed by atoms with Crippen molar-refractivity contribution in [1.82, 2.24) is 4.98 Å². The van der Waals surface area contributed by atoms with Crippen molar-refractivity contribution in [2.45, 2.75) is 37.3 Å². The molecule has 0 fully saturated rings. The predicted octanol–water partition coefficient (Wildman–Crippen LogP) is 5.74. The lowest BCUT2D eigenvalue weighted by atomic mass is 9.85. The molecular weight excluding hydrogens is 351 g/mol. The number of pyridine rings is 1. The Bertz CT molecular complexity index is 693. The van der Waals surface area contributed by atoms with E-state index < -0.39 is 30.4 Å². The Labute approximate surface area is 139 Å². The zero-order valence-electron chi connectivity index (χ0n) is 13.0. The van der Waals surface area contributed by atoms with E-state index >= 15 is 0 Å². The Morgan fingerprint density at radius 1 is 0.800 bits per heavy atom. The van der Waals surface area contributed by atoms with Crippen molar-refractivity contribution in [3.8, 4) is 0 Å². The molecule has 0 radical (unpaired) electrons. The second kappa shape index (κ2) is 6.65. The minimum absolute atomic E-state index is 0.177. The van der Waals surface area contributed by atoms with Gasteiger partial charge in [0, 0.05) is 24.7 Å². The SMILES string of the molecule is Cc1ccc([C@@H](CC(F)(F)C(F)(F)C(F)(F)F)c2ccncc2)cc1. The van der Waals surface area contributed by atoms with Crippen molar-refractivity contribution in [3.63, 3.8) is 0 Å². The van der Waals surface area contributed by atoms with E-state index in [1.807, 2.05) is 0 Å². The van der Waals surface area contributed by atoms with Crippen molar-refractivity contribution in [2.75, 3.05) is 0 Å². The summed E-state index contributed by atoms with van der Waals surface area (Å²) >= 11 is 0. The molecule has 8 heteroatoms. The molecule has 2 aromatic rings.